The molecule has 34 heavy (non-hydrogen) atoms. The molecule has 0 aromatic heterocycles. The number of nitrogens with zero attached hydrogens (tertiary/aromatic N) is 1. The van der Waals surface area contributed by atoms with Crippen LogP contribution in [0.25, 0.3) is 10.8 Å². The summed E-state index contributed by atoms with van der Waals surface area (Å²) in [5.74, 6) is -0.0746. The zero-order valence-corrected chi connectivity index (χ0v) is 19.8. The van der Waals surface area contributed by atoms with Crippen LogP contribution in [0.5, 0.6) is 5.75 Å². The van der Waals surface area contributed by atoms with Crippen LogP contribution in [0.3, 0.4) is 0 Å². The molecule has 0 aliphatic carbocycles. The molecular formula is C23H22ClF3N2O4S. The van der Waals surface area contributed by atoms with Crippen LogP contribution in [0.4, 0.5) is 18.9 Å². The normalized spacial score (nSPS) is 12.9. The van der Waals surface area contributed by atoms with Gasteiger partial charge in [0.15, 0.2) is 0 Å². The number of anilines is 1. The van der Waals surface area contributed by atoms with E-state index >= 15 is 0 Å². The molecule has 0 heterocycles. The van der Waals surface area contributed by atoms with Gasteiger partial charge in [-0.3, -0.25) is 9.10 Å². The predicted octanol–water partition coefficient (Wildman–Crippen LogP) is 4.86. The Hall–Kier alpha value is -2.98. The summed E-state index contributed by atoms with van der Waals surface area (Å²) in [6, 6.07) is 14.5. The molecule has 0 spiro atoms. The molecule has 0 aliphatic rings. The molecule has 3 rings (SSSR count). The van der Waals surface area contributed by atoms with Gasteiger partial charge in [-0.2, -0.15) is 13.2 Å². The zero-order chi connectivity index (χ0) is 25.1. The van der Waals surface area contributed by atoms with Crippen LogP contribution in [0.15, 0.2) is 60.7 Å². The fourth-order valence-electron chi connectivity index (χ4n) is 3.48. The van der Waals surface area contributed by atoms with E-state index in [0.29, 0.717) is 16.1 Å². The summed E-state index contributed by atoms with van der Waals surface area (Å²) in [7, 11) is -4.10. The second-order valence-corrected chi connectivity index (χ2v) is 9.78. The van der Waals surface area contributed by atoms with Gasteiger partial charge in [0, 0.05) is 5.39 Å². The highest BCUT2D eigenvalue weighted by Gasteiger charge is 2.36. The molecule has 0 radical (unpaired) electrons. The summed E-state index contributed by atoms with van der Waals surface area (Å²) >= 11 is 5.63. The van der Waals surface area contributed by atoms with Crippen LogP contribution in [-0.2, 0) is 21.0 Å². The van der Waals surface area contributed by atoms with Crippen molar-refractivity contribution in [2.24, 2.45) is 0 Å². The Labute approximate surface area is 200 Å². The van der Waals surface area contributed by atoms with Crippen LogP contribution < -0.4 is 14.4 Å². The molecular weight excluding hydrogens is 493 g/mol. The van der Waals surface area contributed by atoms with Crippen LogP contribution in [-0.4, -0.2) is 39.8 Å². The SMILES string of the molecule is CC(C(=O)NCCOc1cccc2ccccc12)N(c1ccc(Cl)c(C(F)(F)F)c1)S(C)(=O)=O. The Kier molecular flexibility index (Phi) is 7.62. The molecule has 1 N–H and O–H groups in total. The number of hydrogen-bond acceptors (Lipinski definition) is 4. The Bertz CT molecular complexity index is 1290. The lowest BCUT2D eigenvalue weighted by Crippen LogP contribution is -2.48. The quantitative estimate of drug-likeness (QED) is 0.436. The van der Waals surface area contributed by atoms with E-state index in [1.165, 1.54) is 6.92 Å². The van der Waals surface area contributed by atoms with Crippen molar-refractivity contribution < 1.29 is 31.1 Å². The lowest BCUT2D eigenvalue weighted by molar-refractivity contribution is -0.137. The van der Waals surface area contributed by atoms with E-state index in [2.05, 4.69) is 5.32 Å². The van der Waals surface area contributed by atoms with E-state index in [0.717, 1.165) is 29.2 Å². The molecule has 0 saturated heterocycles. The Morgan fingerprint density at radius 3 is 2.47 bits per heavy atom. The van der Waals surface area contributed by atoms with E-state index in [1.807, 2.05) is 36.4 Å². The van der Waals surface area contributed by atoms with Gasteiger partial charge in [0.1, 0.15) is 18.4 Å². The van der Waals surface area contributed by atoms with Gasteiger partial charge in [0.2, 0.25) is 15.9 Å². The molecule has 11 heteroatoms. The number of fused-ring (bicyclic) bond motifs is 1. The van der Waals surface area contributed by atoms with Crippen molar-refractivity contribution in [3.8, 4) is 5.75 Å². The van der Waals surface area contributed by atoms with E-state index < -0.39 is 38.7 Å². The summed E-state index contributed by atoms with van der Waals surface area (Å²) < 4.78 is 70.8. The third-order valence-electron chi connectivity index (χ3n) is 5.01. The molecule has 0 aliphatic heterocycles. The second-order valence-electron chi connectivity index (χ2n) is 7.51. The van der Waals surface area contributed by atoms with Gasteiger partial charge in [0.05, 0.1) is 29.1 Å². The number of hydrogen-bond donors (Lipinski definition) is 1. The first-order chi connectivity index (χ1) is 15.9. The number of amides is 1. The largest absolute Gasteiger partial charge is 0.491 e. The topological polar surface area (TPSA) is 75.7 Å². The highest BCUT2D eigenvalue weighted by Crippen LogP contribution is 2.37. The lowest BCUT2D eigenvalue weighted by atomic mass is 10.1. The molecule has 0 saturated carbocycles. The minimum atomic E-state index is -4.79. The molecule has 0 fully saturated rings. The molecule has 182 valence electrons. The fraction of sp³-hybridized carbons (Fsp3) is 0.261. The second kappa shape index (κ2) is 10.1. The first-order valence-electron chi connectivity index (χ1n) is 10.1. The summed E-state index contributed by atoms with van der Waals surface area (Å²) in [5.41, 5.74) is -1.52. The first-order valence-corrected chi connectivity index (χ1v) is 12.4. The maximum absolute atomic E-state index is 13.2. The van der Waals surface area contributed by atoms with Gasteiger partial charge in [-0.1, -0.05) is 48.0 Å². The van der Waals surface area contributed by atoms with E-state index in [9.17, 15) is 26.4 Å². The minimum Gasteiger partial charge on any atom is -0.491 e. The van der Waals surface area contributed by atoms with E-state index in [-0.39, 0.29) is 18.8 Å². The fourth-order valence-corrected chi connectivity index (χ4v) is 4.87. The van der Waals surface area contributed by atoms with Crippen molar-refractivity contribution >= 4 is 44.0 Å². The highest BCUT2D eigenvalue weighted by atomic mass is 35.5. The average Bonchev–Trinajstić information content (AvgIpc) is 2.76. The summed E-state index contributed by atoms with van der Waals surface area (Å²) in [4.78, 5) is 12.7. The predicted molar refractivity (Wildman–Crippen MR) is 126 cm³/mol. The molecule has 3 aromatic carbocycles. The maximum atomic E-state index is 13.2. The number of benzene rings is 3. The number of halogens is 4. The summed E-state index contributed by atoms with van der Waals surface area (Å²) in [6.07, 6.45) is -3.98. The third-order valence-corrected chi connectivity index (χ3v) is 6.58. The summed E-state index contributed by atoms with van der Waals surface area (Å²) in [5, 5.41) is 3.87. The van der Waals surface area contributed by atoms with E-state index in [4.69, 9.17) is 16.3 Å². The minimum absolute atomic E-state index is 0.0540. The smallest absolute Gasteiger partial charge is 0.417 e. The monoisotopic (exact) mass is 514 g/mol. The van der Waals surface area contributed by atoms with E-state index in [1.54, 1.807) is 6.07 Å². The number of carbonyl (C=O) groups excluding carboxylic acids is 1. The van der Waals surface area contributed by atoms with Crippen molar-refractivity contribution in [1.29, 1.82) is 0 Å². The first kappa shape index (κ1) is 25.6. The Morgan fingerprint density at radius 2 is 1.79 bits per heavy atom. The van der Waals surface area contributed by atoms with Gasteiger partial charge < -0.3 is 10.1 Å². The highest BCUT2D eigenvalue weighted by molar-refractivity contribution is 7.92. The van der Waals surface area contributed by atoms with Crippen molar-refractivity contribution in [2.75, 3.05) is 23.7 Å². The van der Waals surface area contributed by atoms with Gasteiger partial charge >= 0.3 is 6.18 Å². The third kappa shape index (κ3) is 5.92. The molecule has 1 atom stereocenters. The van der Waals surface area contributed by atoms with Crippen molar-refractivity contribution in [3.05, 3.63) is 71.2 Å². The molecule has 1 unspecified atom stereocenters. The van der Waals surface area contributed by atoms with Crippen LogP contribution in [0, 0.1) is 0 Å². The molecule has 6 nitrogen and oxygen atoms in total. The van der Waals surface area contributed by atoms with Gasteiger partial charge in [-0.25, -0.2) is 8.42 Å². The van der Waals surface area contributed by atoms with Crippen molar-refractivity contribution in [3.63, 3.8) is 0 Å². The van der Waals surface area contributed by atoms with Crippen LogP contribution in [0.1, 0.15) is 12.5 Å². The Morgan fingerprint density at radius 1 is 1.12 bits per heavy atom. The van der Waals surface area contributed by atoms with Gasteiger partial charge in [-0.05, 0) is 36.6 Å². The molecule has 1 amide bonds. The van der Waals surface area contributed by atoms with Crippen molar-refractivity contribution in [2.45, 2.75) is 19.1 Å². The number of rotatable bonds is 8. The standard InChI is InChI=1S/C23H22ClF3N2O4S/c1-15(29(34(2,31)32)17-10-11-20(24)19(14-17)23(25,26)27)22(30)28-12-13-33-21-9-5-7-16-6-3-4-8-18(16)21/h3-11,14-15H,12-13H2,1-2H3,(H,28,30). The lowest BCUT2D eigenvalue weighted by Gasteiger charge is -2.29. The van der Waals surface area contributed by atoms with Gasteiger partial charge in [-0.15, -0.1) is 0 Å². The van der Waals surface area contributed by atoms with Gasteiger partial charge in [0.25, 0.3) is 0 Å². The number of carbonyl (C=O) groups is 1. The number of sulfonamides is 1. The van der Waals surface area contributed by atoms with Crippen LogP contribution >= 0.6 is 11.6 Å². The maximum Gasteiger partial charge on any atom is 0.417 e. The summed E-state index contributed by atoms with van der Waals surface area (Å²) in [6.45, 7) is 1.44. The molecule has 0 bridgehead atoms. The number of ether oxygens (including phenoxy) is 1. The zero-order valence-electron chi connectivity index (χ0n) is 18.3. The molecule has 3 aromatic rings. The number of nitrogens with one attached hydrogen (secondary N) is 1. The van der Waals surface area contributed by atoms with Crippen LogP contribution in [0.2, 0.25) is 5.02 Å². The Balaban J connectivity index is 1.71. The number of alkyl halides is 3. The van der Waals surface area contributed by atoms with Crippen molar-refractivity contribution in [1.82, 2.24) is 5.32 Å². The average molecular weight is 515 g/mol.